The molecule has 0 radical (unpaired) electrons. The summed E-state index contributed by atoms with van der Waals surface area (Å²) in [6, 6.07) is 14.6. The largest absolute Gasteiger partial charge is 0.352 e. The molecule has 2 heterocycles. The van der Waals surface area contributed by atoms with Crippen molar-refractivity contribution in [2.24, 2.45) is 0 Å². The third-order valence-electron chi connectivity index (χ3n) is 4.49. The van der Waals surface area contributed by atoms with Crippen molar-refractivity contribution in [1.82, 2.24) is 10.6 Å². The lowest BCUT2D eigenvalue weighted by Crippen LogP contribution is -2.29. The van der Waals surface area contributed by atoms with E-state index in [1.54, 1.807) is 41.7 Å². The summed E-state index contributed by atoms with van der Waals surface area (Å²) in [6.07, 6.45) is 2.74. The molecule has 0 saturated carbocycles. The van der Waals surface area contributed by atoms with Crippen LogP contribution in [-0.4, -0.2) is 30.8 Å². The Labute approximate surface area is 189 Å². The molecule has 0 atom stereocenters. The van der Waals surface area contributed by atoms with Gasteiger partial charge in [-0.25, -0.2) is 0 Å². The van der Waals surface area contributed by atoms with Gasteiger partial charge in [0.2, 0.25) is 5.91 Å². The summed E-state index contributed by atoms with van der Waals surface area (Å²) in [7, 11) is 0. The van der Waals surface area contributed by atoms with Crippen molar-refractivity contribution in [3.63, 3.8) is 0 Å². The highest BCUT2D eigenvalue weighted by molar-refractivity contribution is 7.12. The molecule has 0 unspecified atom stereocenters. The zero-order chi connectivity index (χ0) is 21.9. The fourth-order valence-electron chi connectivity index (χ4n) is 2.93. The molecule has 0 aliphatic rings. The first kappa shape index (κ1) is 22.7. The van der Waals surface area contributed by atoms with Crippen LogP contribution in [0.4, 0.5) is 5.69 Å². The molecule has 1 aromatic carbocycles. The van der Waals surface area contributed by atoms with Crippen molar-refractivity contribution in [3.05, 3.63) is 74.6 Å². The van der Waals surface area contributed by atoms with Crippen molar-refractivity contribution >= 4 is 46.1 Å². The number of benzene rings is 1. The van der Waals surface area contributed by atoms with Crippen LogP contribution in [0.3, 0.4) is 0 Å². The minimum atomic E-state index is -0.210. The smallest absolute Gasteiger partial charge is 0.261 e. The summed E-state index contributed by atoms with van der Waals surface area (Å²) >= 11 is 3.09. The second kappa shape index (κ2) is 12.0. The van der Waals surface area contributed by atoms with Crippen molar-refractivity contribution in [3.8, 4) is 0 Å². The highest BCUT2D eigenvalue weighted by Crippen LogP contribution is 2.14. The van der Waals surface area contributed by atoms with Crippen LogP contribution < -0.4 is 16.0 Å². The molecular weight excluding hydrogens is 430 g/mol. The molecule has 0 spiro atoms. The summed E-state index contributed by atoms with van der Waals surface area (Å²) in [4.78, 5) is 38.3. The van der Waals surface area contributed by atoms with Gasteiger partial charge in [0.25, 0.3) is 11.8 Å². The molecular formula is C23H25N3O3S2. The Morgan fingerprint density at radius 2 is 1.58 bits per heavy atom. The minimum absolute atomic E-state index is 0.0596. The first-order valence-corrected chi connectivity index (χ1v) is 11.9. The molecule has 31 heavy (non-hydrogen) atoms. The predicted octanol–water partition coefficient (Wildman–Crippen LogP) is 4.32. The van der Waals surface area contributed by atoms with Crippen LogP contribution in [0.5, 0.6) is 0 Å². The van der Waals surface area contributed by atoms with Crippen molar-refractivity contribution in [2.75, 3.05) is 18.4 Å². The number of nitrogens with one attached hydrogen (secondary N) is 3. The Hall–Kier alpha value is -2.97. The number of hydrogen-bond donors (Lipinski definition) is 3. The maximum atomic E-state index is 12.4. The van der Waals surface area contributed by atoms with E-state index in [9.17, 15) is 14.4 Å². The van der Waals surface area contributed by atoms with Crippen LogP contribution in [0.15, 0.2) is 59.3 Å². The predicted molar refractivity (Wildman–Crippen MR) is 126 cm³/mol. The Morgan fingerprint density at radius 1 is 0.806 bits per heavy atom. The molecule has 3 amide bonds. The Morgan fingerprint density at radius 3 is 2.32 bits per heavy atom. The quantitative estimate of drug-likeness (QED) is 0.376. The molecule has 3 aromatic rings. The van der Waals surface area contributed by atoms with E-state index in [2.05, 4.69) is 22.0 Å². The second-order valence-electron chi connectivity index (χ2n) is 6.90. The molecule has 0 fully saturated rings. The number of aryl methyl sites for hydroxylation is 1. The Kier molecular flexibility index (Phi) is 8.81. The van der Waals surface area contributed by atoms with Gasteiger partial charge in [-0.2, -0.15) is 0 Å². The highest BCUT2D eigenvalue weighted by atomic mass is 32.1. The van der Waals surface area contributed by atoms with Gasteiger partial charge in [-0.15, -0.1) is 22.7 Å². The van der Waals surface area contributed by atoms with Crippen LogP contribution >= 0.6 is 22.7 Å². The van der Waals surface area contributed by atoms with E-state index in [1.165, 1.54) is 16.2 Å². The fourth-order valence-corrected chi connectivity index (χ4v) is 4.32. The molecule has 6 nitrogen and oxygen atoms in total. The molecule has 0 saturated heterocycles. The van der Waals surface area contributed by atoms with E-state index < -0.39 is 0 Å². The van der Waals surface area contributed by atoms with E-state index in [-0.39, 0.29) is 17.7 Å². The molecule has 3 N–H and O–H groups in total. The molecule has 0 bridgehead atoms. The number of rotatable bonds is 11. The maximum absolute atomic E-state index is 12.4. The van der Waals surface area contributed by atoms with Gasteiger partial charge in [0.05, 0.1) is 4.88 Å². The third-order valence-corrected chi connectivity index (χ3v) is 6.29. The topological polar surface area (TPSA) is 87.3 Å². The van der Waals surface area contributed by atoms with Crippen LogP contribution in [0, 0.1) is 0 Å². The molecule has 162 valence electrons. The van der Waals surface area contributed by atoms with Crippen LogP contribution in [-0.2, 0) is 11.2 Å². The van der Waals surface area contributed by atoms with Gasteiger partial charge in [-0.3, -0.25) is 14.4 Å². The molecule has 0 aliphatic heterocycles. The van der Waals surface area contributed by atoms with E-state index in [1.807, 2.05) is 22.9 Å². The van der Waals surface area contributed by atoms with Gasteiger partial charge in [0, 0.05) is 35.6 Å². The Bertz CT molecular complexity index is 985. The standard InChI is InChI=1S/C23H25N3O3S2/c27-21(11-2-8-19-9-3-14-30-19)26-18-7-1-6-17(16-18)22(28)24-12-5-13-25-23(29)20-10-4-15-31-20/h1,3-4,6-7,9-10,14-16H,2,5,8,11-13H2,(H,24,28)(H,25,29)(H,26,27). The third kappa shape index (κ3) is 7.66. The maximum Gasteiger partial charge on any atom is 0.261 e. The van der Waals surface area contributed by atoms with Crippen molar-refractivity contribution in [2.45, 2.75) is 25.7 Å². The van der Waals surface area contributed by atoms with E-state index in [4.69, 9.17) is 0 Å². The lowest BCUT2D eigenvalue weighted by molar-refractivity contribution is -0.116. The average Bonchev–Trinajstić information content (AvgIpc) is 3.48. The number of carbonyl (C=O) groups excluding carboxylic acids is 3. The van der Waals surface area contributed by atoms with E-state index in [0.29, 0.717) is 42.1 Å². The first-order valence-electron chi connectivity index (χ1n) is 10.1. The summed E-state index contributed by atoms with van der Waals surface area (Å²) in [5.41, 5.74) is 1.09. The number of hydrogen-bond acceptors (Lipinski definition) is 5. The summed E-state index contributed by atoms with van der Waals surface area (Å²) < 4.78 is 0. The number of thiophene rings is 2. The van der Waals surface area contributed by atoms with Gasteiger partial charge in [0.15, 0.2) is 0 Å². The van der Waals surface area contributed by atoms with Gasteiger partial charge in [0.1, 0.15) is 0 Å². The molecule has 8 heteroatoms. The lowest BCUT2D eigenvalue weighted by Gasteiger charge is -2.09. The Balaban J connectivity index is 1.35. The average molecular weight is 456 g/mol. The van der Waals surface area contributed by atoms with Gasteiger partial charge in [-0.05, 0) is 60.4 Å². The lowest BCUT2D eigenvalue weighted by atomic mass is 10.1. The SMILES string of the molecule is O=C(CCCc1cccs1)Nc1cccc(C(=O)NCCCNC(=O)c2cccs2)c1. The van der Waals surface area contributed by atoms with Crippen LogP contribution in [0.2, 0.25) is 0 Å². The molecule has 2 aromatic heterocycles. The summed E-state index contributed by atoms with van der Waals surface area (Å²) in [5, 5.41) is 12.4. The molecule has 0 aliphatic carbocycles. The number of anilines is 1. The van der Waals surface area contributed by atoms with E-state index in [0.717, 1.165) is 12.8 Å². The highest BCUT2D eigenvalue weighted by Gasteiger charge is 2.09. The van der Waals surface area contributed by atoms with Gasteiger partial charge in [-0.1, -0.05) is 18.2 Å². The minimum Gasteiger partial charge on any atom is -0.352 e. The number of carbonyl (C=O) groups is 3. The van der Waals surface area contributed by atoms with Crippen LogP contribution in [0.25, 0.3) is 0 Å². The second-order valence-corrected chi connectivity index (χ2v) is 8.88. The van der Waals surface area contributed by atoms with Gasteiger partial charge >= 0.3 is 0 Å². The number of amides is 3. The monoisotopic (exact) mass is 455 g/mol. The summed E-state index contributed by atoms with van der Waals surface area (Å²) in [5.74, 6) is -0.367. The van der Waals surface area contributed by atoms with Crippen molar-refractivity contribution in [1.29, 1.82) is 0 Å². The zero-order valence-corrected chi connectivity index (χ0v) is 18.7. The van der Waals surface area contributed by atoms with Crippen LogP contribution in [0.1, 0.15) is 44.2 Å². The fraction of sp³-hybridized carbons (Fsp3) is 0.261. The van der Waals surface area contributed by atoms with E-state index >= 15 is 0 Å². The van der Waals surface area contributed by atoms with Gasteiger partial charge < -0.3 is 16.0 Å². The van der Waals surface area contributed by atoms with Crippen molar-refractivity contribution < 1.29 is 14.4 Å². The molecule has 3 rings (SSSR count). The first-order chi connectivity index (χ1) is 15.1. The summed E-state index contributed by atoms with van der Waals surface area (Å²) in [6.45, 7) is 0.932. The zero-order valence-electron chi connectivity index (χ0n) is 17.1. The normalized spacial score (nSPS) is 10.5.